The number of hydrogen-bond acceptors (Lipinski definition) is 2. The minimum Gasteiger partial charge on any atom is -0.465 e. The first-order valence-electron chi connectivity index (χ1n) is 5.40. The summed E-state index contributed by atoms with van der Waals surface area (Å²) in [5.41, 5.74) is 0.686. The highest BCUT2D eigenvalue weighted by Gasteiger charge is 2.53. The lowest BCUT2D eigenvalue weighted by atomic mass is 9.93. The molecular weight excluding hydrogens is 206 g/mol. The number of rotatable bonds is 1. The first-order chi connectivity index (χ1) is 7.71. The van der Waals surface area contributed by atoms with Crippen molar-refractivity contribution in [2.75, 3.05) is 13.2 Å². The van der Waals surface area contributed by atoms with Crippen molar-refractivity contribution in [1.82, 2.24) is 4.90 Å². The third kappa shape index (κ3) is 1.23. The third-order valence-electron chi connectivity index (χ3n) is 3.53. The smallest absolute Gasteiger partial charge is 0.407 e. The van der Waals surface area contributed by atoms with Gasteiger partial charge in [-0.15, -0.1) is 0 Å². The summed E-state index contributed by atoms with van der Waals surface area (Å²) in [5, 5.41) is 9.07. The lowest BCUT2D eigenvalue weighted by Crippen LogP contribution is -2.43. The zero-order valence-electron chi connectivity index (χ0n) is 8.80. The molecule has 0 spiro atoms. The number of carbonyl (C=O) groups is 1. The van der Waals surface area contributed by atoms with E-state index in [4.69, 9.17) is 9.84 Å². The Hall–Kier alpha value is -1.55. The topological polar surface area (TPSA) is 49.8 Å². The second-order valence-corrected chi connectivity index (χ2v) is 4.44. The van der Waals surface area contributed by atoms with Crippen LogP contribution >= 0.6 is 0 Å². The minimum absolute atomic E-state index is 0.0257. The molecule has 1 aromatic carbocycles. The van der Waals surface area contributed by atoms with Gasteiger partial charge in [-0.1, -0.05) is 30.3 Å². The maximum atomic E-state index is 11.0. The summed E-state index contributed by atoms with van der Waals surface area (Å²) in [4.78, 5) is 12.5. The summed E-state index contributed by atoms with van der Waals surface area (Å²) < 4.78 is 5.80. The molecule has 2 atom stereocenters. The van der Waals surface area contributed by atoms with Gasteiger partial charge in [0, 0.05) is 6.42 Å². The third-order valence-corrected chi connectivity index (χ3v) is 3.53. The summed E-state index contributed by atoms with van der Waals surface area (Å²) in [6.07, 6.45) is -0.0605. The number of amides is 1. The van der Waals surface area contributed by atoms with Gasteiger partial charge in [-0.2, -0.15) is 0 Å². The molecule has 0 unspecified atom stereocenters. The van der Waals surface area contributed by atoms with Crippen molar-refractivity contribution in [3.63, 3.8) is 0 Å². The second kappa shape index (κ2) is 3.22. The van der Waals surface area contributed by atoms with Gasteiger partial charge in [0.1, 0.15) is 5.60 Å². The molecule has 2 aliphatic heterocycles. The van der Waals surface area contributed by atoms with Crippen LogP contribution in [0.15, 0.2) is 30.3 Å². The van der Waals surface area contributed by atoms with E-state index in [1.54, 1.807) is 0 Å². The molecule has 0 aliphatic carbocycles. The van der Waals surface area contributed by atoms with Crippen molar-refractivity contribution < 1.29 is 14.6 Å². The average molecular weight is 219 g/mol. The Labute approximate surface area is 93.4 Å². The zero-order valence-corrected chi connectivity index (χ0v) is 8.80. The number of morpholine rings is 1. The summed E-state index contributed by atoms with van der Waals surface area (Å²) in [6.45, 7) is 0.970. The number of benzene rings is 1. The largest absolute Gasteiger partial charge is 0.465 e. The fraction of sp³-hybridized carbons (Fsp3) is 0.417. The van der Waals surface area contributed by atoms with E-state index in [9.17, 15) is 4.79 Å². The highest BCUT2D eigenvalue weighted by molar-refractivity contribution is 5.66. The van der Waals surface area contributed by atoms with Crippen LogP contribution in [0.1, 0.15) is 12.0 Å². The average Bonchev–Trinajstić information content (AvgIpc) is 2.89. The van der Waals surface area contributed by atoms with Crippen LogP contribution in [0.5, 0.6) is 0 Å². The lowest BCUT2D eigenvalue weighted by Gasteiger charge is -2.31. The van der Waals surface area contributed by atoms with Crippen LogP contribution < -0.4 is 0 Å². The second-order valence-electron chi connectivity index (χ2n) is 4.44. The Bertz CT molecular complexity index is 420. The molecule has 3 rings (SSSR count). The Morgan fingerprint density at radius 1 is 1.44 bits per heavy atom. The van der Waals surface area contributed by atoms with E-state index in [1.807, 2.05) is 30.3 Å². The maximum absolute atomic E-state index is 11.0. The molecule has 0 radical (unpaired) electrons. The van der Waals surface area contributed by atoms with Crippen LogP contribution in [0, 0.1) is 0 Å². The van der Waals surface area contributed by atoms with Gasteiger partial charge in [-0.05, 0) is 5.56 Å². The number of hydrogen-bond donors (Lipinski definition) is 1. The molecule has 2 heterocycles. The minimum atomic E-state index is -0.842. The molecule has 4 nitrogen and oxygen atoms in total. The Kier molecular flexibility index (Phi) is 1.94. The highest BCUT2D eigenvalue weighted by atomic mass is 16.5. The Balaban J connectivity index is 1.94. The fourth-order valence-corrected chi connectivity index (χ4v) is 2.73. The molecule has 1 aromatic rings. The van der Waals surface area contributed by atoms with E-state index in [2.05, 4.69) is 0 Å². The van der Waals surface area contributed by atoms with Crippen molar-refractivity contribution in [1.29, 1.82) is 0 Å². The van der Waals surface area contributed by atoms with Gasteiger partial charge in [0.05, 0.1) is 19.2 Å². The molecule has 2 fully saturated rings. The van der Waals surface area contributed by atoms with Crippen molar-refractivity contribution in [2.45, 2.75) is 18.1 Å². The van der Waals surface area contributed by atoms with Crippen molar-refractivity contribution in [3.8, 4) is 0 Å². The van der Waals surface area contributed by atoms with Gasteiger partial charge in [0.2, 0.25) is 0 Å². The molecule has 84 valence electrons. The maximum Gasteiger partial charge on any atom is 0.407 e. The van der Waals surface area contributed by atoms with E-state index in [0.29, 0.717) is 13.2 Å². The van der Waals surface area contributed by atoms with Gasteiger partial charge in [-0.3, -0.25) is 4.90 Å². The summed E-state index contributed by atoms with van der Waals surface area (Å²) >= 11 is 0. The van der Waals surface area contributed by atoms with Crippen LogP contribution in [0.25, 0.3) is 0 Å². The van der Waals surface area contributed by atoms with E-state index in [1.165, 1.54) is 4.90 Å². The molecule has 2 aliphatic rings. The van der Waals surface area contributed by atoms with Crippen LogP contribution in [-0.2, 0) is 10.3 Å². The predicted molar refractivity (Wildman–Crippen MR) is 57.2 cm³/mol. The molecule has 2 bridgehead atoms. The standard InChI is InChI=1S/C12H13NO3/c14-11(15)13-8-12(6-10(13)7-16-12)9-4-2-1-3-5-9/h1-5,10H,6-8H2,(H,14,15)/t10-,12-/m1/s1. The Morgan fingerprint density at radius 2 is 2.19 bits per heavy atom. The number of ether oxygens (including phenoxy) is 1. The Morgan fingerprint density at radius 3 is 2.81 bits per heavy atom. The number of nitrogens with zero attached hydrogens (tertiary/aromatic N) is 1. The highest BCUT2D eigenvalue weighted by Crippen LogP contribution is 2.44. The van der Waals surface area contributed by atoms with Crippen molar-refractivity contribution in [3.05, 3.63) is 35.9 Å². The van der Waals surface area contributed by atoms with E-state index < -0.39 is 11.7 Å². The lowest BCUT2D eigenvalue weighted by molar-refractivity contribution is -0.0430. The predicted octanol–water partition coefficient (Wildman–Crippen LogP) is 1.66. The quantitative estimate of drug-likeness (QED) is 0.781. The normalized spacial score (nSPS) is 32.0. The van der Waals surface area contributed by atoms with Crippen LogP contribution in [-0.4, -0.2) is 35.3 Å². The van der Waals surface area contributed by atoms with Crippen molar-refractivity contribution >= 4 is 6.09 Å². The first kappa shape index (κ1) is 9.66. The molecule has 1 amide bonds. The van der Waals surface area contributed by atoms with Crippen LogP contribution in [0.4, 0.5) is 4.79 Å². The van der Waals surface area contributed by atoms with Gasteiger partial charge < -0.3 is 9.84 Å². The van der Waals surface area contributed by atoms with Gasteiger partial charge in [0.25, 0.3) is 0 Å². The van der Waals surface area contributed by atoms with E-state index in [-0.39, 0.29) is 6.04 Å². The monoisotopic (exact) mass is 219 g/mol. The van der Waals surface area contributed by atoms with Crippen molar-refractivity contribution in [2.24, 2.45) is 0 Å². The molecule has 4 heteroatoms. The summed E-state index contributed by atoms with van der Waals surface area (Å²) in [7, 11) is 0. The van der Waals surface area contributed by atoms with Gasteiger partial charge in [0.15, 0.2) is 0 Å². The van der Waals surface area contributed by atoms with E-state index >= 15 is 0 Å². The molecular formula is C12H13NO3. The molecule has 0 saturated carbocycles. The van der Waals surface area contributed by atoms with Crippen LogP contribution in [0.2, 0.25) is 0 Å². The van der Waals surface area contributed by atoms with Gasteiger partial charge >= 0.3 is 6.09 Å². The summed E-state index contributed by atoms with van der Waals surface area (Å²) in [5.74, 6) is 0. The van der Waals surface area contributed by atoms with Gasteiger partial charge in [-0.25, -0.2) is 4.79 Å². The van der Waals surface area contributed by atoms with Crippen LogP contribution in [0.3, 0.4) is 0 Å². The first-order valence-corrected chi connectivity index (χ1v) is 5.40. The SMILES string of the molecule is O=C(O)N1C[C@@]2(c3ccccc3)C[C@@H]1CO2. The number of fused-ring (bicyclic) bond motifs is 2. The zero-order chi connectivity index (χ0) is 11.2. The van der Waals surface area contributed by atoms with E-state index in [0.717, 1.165) is 12.0 Å². The molecule has 2 saturated heterocycles. The summed E-state index contributed by atoms with van der Waals surface area (Å²) in [6, 6.07) is 9.92. The fourth-order valence-electron chi connectivity index (χ4n) is 2.73. The molecule has 1 N–H and O–H groups in total. The number of carboxylic acid groups (broad SMARTS) is 1. The molecule has 0 aromatic heterocycles. The molecule has 16 heavy (non-hydrogen) atoms. The number of likely N-dealkylation sites (tertiary alicyclic amines) is 1.